The van der Waals surface area contributed by atoms with Gasteiger partial charge in [-0.15, -0.1) is 11.3 Å². The Bertz CT molecular complexity index is 572. The zero-order valence-electron chi connectivity index (χ0n) is 8.91. The van der Waals surface area contributed by atoms with Gasteiger partial charge in [-0.2, -0.15) is 0 Å². The molecule has 1 amide bonds. The van der Waals surface area contributed by atoms with Gasteiger partial charge in [0.05, 0.1) is 23.3 Å². The third-order valence-corrected chi connectivity index (χ3v) is 2.83. The van der Waals surface area contributed by atoms with Crippen LogP contribution >= 0.6 is 11.3 Å². The summed E-state index contributed by atoms with van der Waals surface area (Å²) < 4.78 is 38.9. The SMILES string of the molecule is O=C(NCc1cscn1)c1ccc(F)c(F)c1F. The molecular weight excluding hydrogens is 265 g/mol. The molecule has 0 bridgehead atoms. The number of aromatic nitrogens is 1. The van der Waals surface area contributed by atoms with Crippen LogP contribution in [0.4, 0.5) is 13.2 Å². The van der Waals surface area contributed by atoms with E-state index in [0.29, 0.717) is 11.8 Å². The molecule has 1 aromatic carbocycles. The van der Waals surface area contributed by atoms with Crippen LogP contribution in [0.25, 0.3) is 0 Å². The molecule has 2 rings (SSSR count). The molecule has 0 saturated heterocycles. The van der Waals surface area contributed by atoms with Gasteiger partial charge in [-0.05, 0) is 12.1 Å². The average molecular weight is 272 g/mol. The van der Waals surface area contributed by atoms with Crippen LogP contribution in [0.3, 0.4) is 0 Å². The monoisotopic (exact) mass is 272 g/mol. The summed E-state index contributed by atoms with van der Waals surface area (Å²) >= 11 is 1.35. The van der Waals surface area contributed by atoms with E-state index in [2.05, 4.69) is 10.3 Å². The summed E-state index contributed by atoms with van der Waals surface area (Å²) in [6.07, 6.45) is 0. The molecule has 0 fully saturated rings. The molecule has 0 saturated carbocycles. The molecule has 0 radical (unpaired) electrons. The summed E-state index contributed by atoms with van der Waals surface area (Å²) in [6.45, 7) is 0.0980. The molecule has 1 aromatic heterocycles. The van der Waals surface area contributed by atoms with Gasteiger partial charge in [0.2, 0.25) is 0 Å². The second-order valence-corrected chi connectivity index (χ2v) is 4.10. The van der Waals surface area contributed by atoms with Crippen molar-refractivity contribution in [2.45, 2.75) is 6.54 Å². The van der Waals surface area contributed by atoms with Crippen LogP contribution in [0.1, 0.15) is 16.1 Å². The molecule has 18 heavy (non-hydrogen) atoms. The number of rotatable bonds is 3. The van der Waals surface area contributed by atoms with Crippen molar-refractivity contribution in [3.8, 4) is 0 Å². The Morgan fingerprint density at radius 3 is 2.72 bits per heavy atom. The largest absolute Gasteiger partial charge is 0.346 e. The Balaban J connectivity index is 2.12. The number of halogens is 3. The van der Waals surface area contributed by atoms with Crippen molar-refractivity contribution in [2.24, 2.45) is 0 Å². The lowest BCUT2D eigenvalue weighted by atomic mass is 10.2. The normalized spacial score (nSPS) is 10.4. The molecule has 0 aliphatic rings. The highest BCUT2D eigenvalue weighted by Gasteiger charge is 2.18. The fourth-order valence-corrected chi connectivity index (χ4v) is 1.85. The molecule has 3 nitrogen and oxygen atoms in total. The average Bonchev–Trinajstić information content (AvgIpc) is 2.86. The van der Waals surface area contributed by atoms with E-state index in [0.717, 1.165) is 6.07 Å². The zero-order chi connectivity index (χ0) is 13.1. The molecule has 0 atom stereocenters. The minimum Gasteiger partial charge on any atom is -0.346 e. The topological polar surface area (TPSA) is 42.0 Å². The number of thiazole rings is 1. The molecule has 7 heteroatoms. The lowest BCUT2D eigenvalue weighted by Gasteiger charge is -2.05. The van der Waals surface area contributed by atoms with Crippen LogP contribution in [0.5, 0.6) is 0 Å². The Hall–Kier alpha value is -1.89. The van der Waals surface area contributed by atoms with E-state index in [4.69, 9.17) is 0 Å². The van der Waals surface area contributed by atoms with Gasteiger partial charge in [-0.1, -0.05) is 0 Å². The summed E-state index contributed by atoms with van der Waals surface area (Å²) in [5, 5.41) is 4.08. The first-order chi connectivity index (χ1) is 8.59. The first-order valence-corrected chi connectivity index (χ1v) is 5.82. The zero-order valence-corrected chi connectivity index (χ0v) is 9.73. The van der Waals surface area contributed by atoms with Crippen molar-refractivity contribution in [1.29, 1.82) is 0 Å². The second-order valence-electron chi connectivity index (χ2n) is 3.39. The molecule has 2 aromatic rings. The van der Waals surface area contributed by atoms with E-state index in [-0.39, 0.29) is 6.54 Å². The number of carbonyl (C=O) groups is 1. The molecule has 1 N–H and O–H groups in total. The Morgan fingerprint density at radius 1 is 1.28 bits per heavy atom. The van der Waals surface area contributed by atoms with Crippen molar-refractivity contribution < 1.29 is 18.0 Å². The van der Waals surface area contributed by atoms with Crippen molar-refractivity contribution in [2.75, 3.05) is 0 Å². The van der Waals surface area contributed by atoms with Crippen LogP contribution in [0.15, 0.2) is 23.0 Å². The Kier molecular flexibility index (Phi) is 3.61. The van der Waals surface area contributed by atoms with Gasteiger partial charge in [0.15, 0.2) is 17.5 Å². The van der Waals surface area contributed by atoms with E-state index >= 15 is 0 Å². The van der Waals surface area contributed by atoms with Gasteiger partial charge < -0.3 is 5.32 Å². The molecule has 0 aliphatic carbocycles. The van der Waals surface area contributed by atoms with Gasteiger partial charge >= 0.3 is 0 Å². The quantitative estimate of drug-likeness (QED) is 0.872. The number of nitrogens with one attached hydrogen (secondary N) is 1. The number of hydrogen-bond acceptors (Lipinski definition) is 3. The van der Waals surface area contributed by atoms with Gasteiger partial charge in [-0.25, -0.2) is 18.2 Å². The summed E-state index contributed by atoms with van der Waals surface area (Å²) in [5.74, 6) is -5.30. The van der Waals surface area contributed by atoms with Gasteiger partial charge in [0, 0.05) is 5.38 Å². The highest BCUT2D eigenvalue weighted by Crippen LogP contribution is 2.15. The minimum absolute atomic E-state index is 0.0980. The molecule has 0 aliphatic heterocycles. The maximum absolute atomic E-state index is 13.3. The molecule has 1 heterocycles. The van der Waals surface area contributed by atoms with Gasteiger partial charge in [0.25, 0.3) is 5.91 Å². The van der Waals surface area contributed by atoms with Crippen LogP contribution < -0.4 is 5.32 Å². The van der Waals surface area contributed by atoms with Gasteiger partial charge in [-0.3, -0.25) is 4.79 Å². The van der Waals surface area contributed by atoms with Crippen molar-refractivity contribution >= 4 is 17.2 Å². The molecular formula is C11H7F3N2OS. The highest BCUT2D eigenvalue weighted by atomic mass is 32.1. The van der Waals surface area contributed by atoms with Crippen LogP contribution in [-0.2, 0) is 6.54 Å². The lowest BCUT2D eigenvalue weighted by molar-refractivity contribution is 0.0945. The van der Waals surface area contributed by atoms with E-state index in [1.165, 1.54) is 11.3 Å². The predicted molar refractivity (Wildman–Crippen MR) is 59.6 cm³/mol. The van der Waals surface area contributed by atoms with Crippen molar-refractivity contribution in [1.82, 2.24) is 10.3 Å². The third-order valence-electron chi connectivity index (χ3n) is 2.19. The second kappa shape index (κ2) is 5.18. The third kappa shape index (κ3) is 2.51. The Labute approximate surface area is 104 Å². The number of benzene rings is 1. The van der Waals surface area contributed by atoms with E-state index in [1.54, 1.807) is 10.9 Å². The maximum Gasteiger partial charge on any atom is 0.254 e. The fraction of sp³-hybridized carbons (Fsp3) is 0.0909. The molecule has 94 valence electrons. The first-order valence-electron chi connectivity index (χ1n) is 4.88. The summed E-state index contributed by atoms with van der Waals surface area (Å²) in [6, 6.07) is 1.60. The van der Waals surface area contributed by atoms with Gasteiger partial charge in [0.1, 0.15) is 0 Å². The maximum atomic E-state index is 13.3. The predicted octanol–water partition coefficient (Wildman–Crippen LogP) is 2.49. The van der Waals surface area contributed by atoms with Crippen LogP contribution in [0, 0.1) is 17.5 Å². The molecule has 0 spiro atoms. The van der Waals surface area contributed by atoms with Crippen LogP contribution in [-0.4, -0.2) is 10.9 Å². The first kappa shape index (κ1) is 12.6. The van der Waals surface area contributed by atoms with Crippen molar-refractivity contribution in [3.05, 3.63) is 51.7 Å². The number of hydrogen-bond donors (Lipinski definition) is 1. The number of amides is 1. The fourth-order valence-electron chi connectivity index (χ4n) is 1.29. The Morgan fingerprint density at radius 2 is 2.06 bits per heavy atom. The van der Waals surface area contributed by atoms with Crippen LogP contribution in [0.2, 0.25) is 0 Å². The molecule has 0 unspecified atom stereocenters. The lowest BCUT2D eigenvalue weighted by Crippen LogP contribution is -2.24. The summed E-state index contributed by atoms with van der Waals surface area (Å²) in [7, 11) is 0. The van der Waals surface area contributed by atoms with E-state index < -0.39 is 28.9 Å². The van der Waals surface area contributed by atoms with E-state index in [9.17, 15) is 18.0 Å². The van der Waals surface area contributed by atoms with Crippen molar-refractivity contribution in [3.63, 3.8) is 0 Å². The summed E-state index contributed by atoms with van der Waals surface area (Å²) in [5.41, 5.74) is 1.65. The smallest absolute Gasteiger partial charge is 0.254 e. The minimum atomic E-state index is -1.66. The number of nitrogens with zero attached hydrogens (tertiary/aromatic N) is 1. The van der Waals surface area contributed by atoms with E-state index in [1.807, 2.05) is 0 Å². The standard InChI is InChI=1S/C11H7F3N2OS/c12-8-2-1-7(9(13)10(8)14)11(17)15-3-6-4-18-5-16-6/h1-2,4-5H,3H2,(H,15,17). The number of carbonyl (C=O) groups excluding carboxylic acids is 1. The highest BCUT2D eigenvalue weighted by molar-refractivity contribution is 7.07. The summed E-state index contributed by atoms with van der Waals surface area (Å²) in [4.78, 5) is 15.5.